The second kappa shape index (κ2) is 9.38. The topological polar surface area (TPSA) is 102 Å². The molecule has 156 valence electrons. The van der Waals surface area contributed by atoms with E-state index in [0.29, 0.717) is 5.92 Å². The van der Waals surface area contributed by atoms with Gasteiger partial charge >= 0.3 is 5.97 Å². The van der Waals surface area contributed by atoms with Gasteiger partial charge in [-0.05, 0) is 37.0 Å². The number of nitrogens with zero attached hydrogens (tertiary/aromatic N) is 1. The van der Waals surface area contributed by atoms with Crippen molar-refractivity contribution in [3.05, 3.63) is 23.8 Å². The Bertz CT molecular complexity index is 822. The molecule has 1 amide bonds. The molecule has 8 nitrogen and oxygen atoms in total. The van der Waals surface area contributed by atoms with Crippen molar-refractivity contribution in [1.29, 1.82) is 0 Å². The Morgan fingerprint density at radius 2 is 1.89 bits per heavy atom. The highest BCUT2D eigenvalue weighted by molar-refractivity contribution is 7.89. The average Bonchev–Trinajstić information content (AvgIpc) is 2.67. The van der Waals surface area contributed by atoms with Gasteiger partial charge in [-0.1, -0.05) is 19.8 Å². The lowest BCUT2D eigenvalue weighted by Gasteiger charge is -2.29. The van der Waals surface area contributed by atoms with E-state index in [9.17, 15) is 18.0 Å². The van der Waals surface area contributed by atoms with E-state index in [1.165, 1.54) is 39.4 Å². The maximum absolute atomic E-state index is 12.4. The Kier molecular flexibility index (Phi) is 7.42. The van der Waals surface area contributed by atoms with Gasteiger partial charge in [-0.25, -0.2) is 17.5 Å². The highest BCUT2D eigenvalue weighted by Crippen LogP contribution is 2.27. The summed E-state index contributed by atoms with van der Waals surface area (Å²) >= 11 is 0. The molecule has 1 aromatic rings. The maximum atomic E-state index is 12.4. The number of carbonyl (C=O) groups is 2. The van der Waals surface area contributed by atoms with Crippen LogP contribution in [-0.2, 0) is 19.6 Å². The summed E-state index contributed by atoms with van der Waals surface area (Å²) in [6.07, 6.45) is 4.23. The number of hydrogen-bond donors (Lipinski definition) is 1. The van der Waals surface area contributed by atoms with E-state index in [2.05, 4.69) is 12.2 Å². The third kappa shape index (κ3) is 5.23. The Morgan fingerprint density at radius 3 is 2.50 bits per heavy atom. The van der Waals surface area contributed by atoms with Gasteiger partial charge in [0, 0.05) is 20.1 Å². The van der Waals surface area contributed by atoms with Gasteiger partial charge in [0.15, 0.2) is 6.61 Å². The summed E-state index contributed by atoms with van der Waals surface area (Å²) in [6, 6.07) is 4.07. The molecule has 0 aliphatic heterocycles. The van der Waals surface area contributed by atoms with E-state index in [4.69, 9.17) is 9.47 Å². The molecule has 1 saturated carbocycles. The predicted octanol–water partition coefficient (Wildman–Crippen LogP) is 1.80. The number of carbonyl (C=O) groups excluding carboxylic acids is 2. The van der Waals surface area contributed by atoms with Gasteiger partial charge in [-0.3, -0.25) is 4.79 Å². The van der Waals surface area contributed by atoms with Crippen molar-refractivity contribution in [2.24, 2.45) is 5.92 Å². The Labute approximate surface area is 166 Å². The number of hydrogen-bond acceptors (Lipinski definition) is 6. The number of nitrogens with one attached hydrogen (secondary N) is 1. The van der Waals surface area contributed by atoms with Crippen LogP contribution >= 0.6 is 0 Å². The Balaban J connectivity index is 2.05. The average molecular weight is 413 g/mol. The van der Waals surface area contributed by atoms with E-state index in [1.54, 1.807) is 0 Å². The van der Waals surface area contributed by atoms with Crippen LogP contribution in [0.3, 0.4) is 0 Å². The lowest BCUT2D eigenvalue weighted by molar-refractivity contribution is -0.125. The summed E-state index contributed by atoms with van der Waals surface area (Å²) in [7, 11) is 0.305. The molecule has 2 rings (SSSR count). The molecule has 1 aliphatic carbocycles. The van der Waals surface area contributed by atoms with Gasteiger partial charge in [0.05, 0.1) is 12.7 Å². The molecule has 1 fully saturated rings. The second-order valence-corrected chi connectivity index (χ2v) is 9.29. The van der Waals surface area contributed by atoms with Crippen LogP contribution in [-0.4, -0.2) is 58.5 Å². The monoisotopic (exact) mass is 412 g/mol. The molecule has 0 radical (unpaired) electrons. The molecule has 0 spiro atoms. The molecule has 28 heavy (non-hydrogen) atoms. The van der Waals surface area contributed by atoms with Gasteiger partial charge in [-0.15, -0.1) is 0 Å². The number of rotatable bonds is 7. The quantitative estimate of drug-likeness (QED) is 0.685. The molecule has 0 unspecified atom stereocenters. The Hall–Kier alpha value is -2.13. The molecule has 1 aromatic carbocycles. The summed E-state index contributed by atoms with van der Waals surface area (Å²) in [4.78, 5) is 24.3. The molecule has 9 heteroatoms. The molecular weight excluding hydrogens is 384 g/mol. The first kappa shape index (κ1) is 22.2. The van der Waals surface area contributed by atoms with Crippen molar-refractivity contribution in [2.45, 2.75) is 43.5 Å². The number of benzene rings is 1. The van der Waals surface area contributed by atoms with Crippen molar-refractivity contribution < 1.29 is 27.5 Å². The van der Waals surface area contributed by atoms with Crippen LogP contribution < -0.4 is 10.1 Å². The maximum Gasteiger partial charge on any atom is 0.338 e. The van der Waals surface area contributed by atoms with Crippen molar-refractivity contribution in [1.82, 2.24) is 9.62 Å². The summed E-state index contributed by atoms with van der Waals surface area (Å²) in [5, 5.41) is 2.91. The number of methoxy groups -OCH3 is 1. The van der Waals surface area contributed by atoms with Crippen LogP contribution in [0, 0.1) is 5.92 Å². The van der Waals surface area contributed by atoms with Crippen molar-refractivity contribution in [2.75, 3.05) is 27.8 Å². The largest absolute Gasteiger partial charge is 0.495 e. The zero-order chi connectivity index (χ0) is 20.9. The first-order chi connectivity index (χ1) is 13.2. The predicted molar refractivity (Wildman–Crippen MR) is 104 cm³/mol. The van der Waals surface area contributed by atoms with Crippen LogP contribution in [0.15, 0.2) is 23.1 Å². The van der Waals surface area contributed by atoms with Crippen molar-refractivity contribution >= 4 is 21.9 Å². The molecule has 0 saturated heterocycles. The van der Waals surface area contributed by atoms with Crippen molar-refractivity contribution in [3.8, 4) is 5.75 Å². The lowest BCUT2D eigenvalue weighted by Crippen LogP contribution is -2.42. The number of ether oxygens (including phenoxy) is 2. The van der Waals surface area contributed by atoms with E-state index in [1.807, 2.05) is 0 Å². The summed E-state index contributed by atoms with van der Waals surface area (Å²) < 4.78 is 36.1. The highest BCUT2D eigenvalue weighted by atomic mass is 32.2. The minimum atomic E-state index is -3.81. The Morgan fingerprint density at radius 1 is 1.21 bits per heavy atom. The molecule has 0 bridgehead atoms. The molecule has 2 atom stereocenters. The van der Waals surface area contributed by atoms with Crippen LogP contribution in [0.25, 0.3) is 0 Å². The van der Waals surface area contributed by atoms with Gasteiger partial charge in [0.2, 0.25) is 10.0 Å². The molecular formula is C19H28N2O6S. The first-order valence-corrected chi connectivity index (χ1v) is 10.7. The zero-order valence-electron chi connectivity index (χ0n) is 16.7. The molecule has 0 heterocycles. The van der Waals surface area contributed by atoms with Gasteiger partial charge < -0.3 is 14.8 Å². The van der Waals surface area contributed by atoms with E-state index >= 15 is 0 Å². The van der Waals surface area contributed by atoms with Crippen LogP contribution in [0.2, 0.25) is 0 Å². The molecule has 1 N–H and O–H groups in total. The summed E-state index contributed by atoms with van der Waals surface area (Å²) in [5.41, 5.74) is 0.0278. The molecule has 1 aliphatic rings. The fraction of sp³-hybridized carbons (Fsp3) is 0.579. The van der Waals surface area contributed by atoms with Crippen LogP contribution in [0.4, 0.5) is 0 Å². The fourth-order valence-corrected chi connectivity index (χ4v) is 4.27. The number of amides is 1. The smallest absolute Gasteiger partial charge is 0.338 e. The zero-order valence-corrected chi connectivity index (χ0v) is 17.5. The second-order valence-electron chi connectivity index (χ2n) is 7.16. The van der Waals surface area contributed by atoms with E-state index in [-0.39, 0.29) is 28.2 Å². The minimum absolute atomic E-state index is 0.0278. The lowest BCUT2D eigenvalue weighted by atomic mass is 9.86. The van der Waals surface area contributed by atoms with E-state index < -0.39 is 22.6 Å². The summed E-state index contributed by atoms with van der Waals surface area (Å²) in [6.45, 7) is 1.68. The highest BCUT2D eigenvalue weighted by Gasteiger charge is 2.25. The normalized spacial score (nSPS) is 19.9. The minimum Gasteiger partial charge on any atom is -0.495 e. The van der Waals surface area contributed by atoms with Gasteiger partial charge in [-0.2, -0.15) is 0 Å². The summed E-state index contributed by atoms with van der Waals surface area (Å²) in [5.74, 6) is -0.616. The van der Waals surface area contributed by atoms with Gasteiger partial charge in [0.25, 0.3) is 5.91 Å². The van der Waals surface area contributed by atoms with Crippen LogP contribution in [0.1, 0.15) is 43.0 Å². The number of sulfonamides is 1. The van der Waals surface area contributed by atoms with Crippen LogP contribution in [0.5, 0.6) is 5.75 Å². The standard InChI is InChI=1S/C19H28N2O6S/c1-13-7-5-6-8-15(13)20-18(22)12-27-19(23)14-9-10-16(26-4)17(11-14)28(24,25)21(2)3/h9-11,13,15H,5-8,12H2,1-4H3,(H,20,22)/t13-,15+/m1/s1. The third-order valence-electron chi connectivity index (χ3n) is 4.95. The fourth-order valence-electron chi connectivity index (χ4n) is 3.20. The van der Waals surface area contributed by atoms with Crippen molar-refractivity contribution in [3.63, 3.8) is 0 Å². The number of esters is 1. The first-order valence-electron chi connectivity index (χ1n) is 9.24. The third-order valence-corrected chi connectivity index (χ3v) is 6.79. The molecule has 0 aromatic heterocycles. The van der Waals surface area contributed by atoms with E-state index in [0.717, 1.165) is 30.0 Å². The van der Waals surface area contributed by atoms with Gasteiger partial charge in [0.1, 0.15) is 10.6 Å². The SMILES string of the molecule is COc1ccc(C(=O)OCC(=O)N[C@H]2CCCC[C@H]2C)cc1S(=O)(=O)N(C)C.